The van der Waals surface area contributed by atoms with Crippen LogP contribution in [0.15, 0.2) is 30.5 Å². The van der Waals surface area contributed by atoms with E-state index in [2.05, 4.69) is 15.6 Å². The smallest absolute Gasteiger partial charge is 0.303 e. The highest BCUT2D eigenvalue weighted by atomic mass is 16.4. The van der Waals surface area contributed by atoms with Gasteiger partial charge in [-0.2, -0.15) is 0 Å². The zero-order valence-corrected chi connectivity index (χ0v) is 15.7. The number of unbranched alkanes of at least 4 members (excludes halogenated alkanes) is 1. The summed E-state index contributed by atoms with van der Waals surface area (Å²) >= 11 is 0. The van der Waals surface area contributed by atoms with Crippen molar-refractivity contribution in [2.24, 2.45) is 5.92 Å². The highest BCUT2D eigenvalue weighted by Crippen LogP contribution is 2.19. The van der Waals surface area contributed by atoms with Crippen LogP contribution >= 0.6 is 0 Å². The maximum absolute atomic E-state index is 12.6. The Kier molecular flexibility index (Phi) is 7.40. The maximum atomic E-state index is 12.6. The van der Waals surface area contributed by atoms with Gasteiger partial charge in [-0.3, -0.25) is 14.4 Å². The van der Waals surface area contributed by atoms with Crippen molar-refractivity contribution in [1.82, 2.24) is 15.6 Å². The standard InChI is InChI=1S/C20H27N3O4/c1-13(2)19(26)23-17(20(27)21-10-6-5-9-18(24)25)11-14-12-22-16-8-4-3-7-15(14)16/h3-4,7-8,12-13,17,22H,5-6,9-11H2,1-2H3,(H,21,27)(H,23,26)(H,24,25). The fourth-order valence-electron chi connectivity index (χ4n) is 2.80. The van der Waals surface area contributed by atoms with Crippen LogP contribution in [0.1, 0.15) is 38.7 Å². The zero-order chi connectivity index (χ0) is 19.8. The second-order valence-corrected chi connectivity index (χ2v) is 6.92. The molecule has 1 unspecified atom stereocenters. The fraction of sp³-hybridized carbons (Fsp3) is 0.450. The molecule has 0 aliphatic rings. The molecule has 0 saturated carbocycles. The normalized spacial score (nSPS) is 12.1. The van der Waals surface area contributed by atoms with Gasteiger partial charge in [0.25, 0.3) is 0 Å². The van der Waals surface area contributed by atoms with Gasteiger partial charge >= 0.3 is 5.97 Å². The molecule has 1 atom stereocenters. The summed E-state index contributed by atoms with van der Waals surface area (Å²) in [6, 6.07) is 7.13. The van der Waals surface area contributed by atoms with Crippen LogP contribution in [-0.2, 0) is 20.8 Å². The van der Waals surface area contributed by atoms with Gasteiger partial charge in [-0.15, -0.1) is 0 Å². The van der Waals surface area contributed by atoms with E-state index < -0.39 is 12.0 Å². The molecule has 7 heteroatoms. The van der Waals surface area contributed by atoms with E-state index >= 15 is 0 Å². The largest absolute Gasteiger partial charge is 0.481 e. The van der Waals surface area contributed by atoms with E-state index in [9.17, 15) is 14.4 Å². The Bertz CT molecular complexity index is 797. The van der Waals surface area contributed by atoms with Crippen LogP contribution in [0.3, 0.4) is 0 Å². The Hall–Kier alpha value is -2.83. The van der Waals surface area contributed by atoms with Crippen LogP contribution in [0.2, 0.25) is 0 Å². The fourth-order valence-corrected chi connectivity index (χ4v) is 2.80. The molecule has 0 radical (unpaired) electrons. The average molecular weight is 373 g/mol. The Balaban J connectivity index is 2.03. The predicted octanol–water partition coefficient (Wildman–Crippen LogP) is 2.22. The summed E-state index contributed by atoms with van der Waals surface area (Å²) in [6.07, 6.45) is 3.40. The van der Waals surface area contributed by atoms with E-state index in [1.807, 2.05) is 30.5 Å². The first-order chi connectivity index (χ1) is 12.9. The first-order valence-electron chi connectivity index (χ1n) is 9.23. The van der Waals surface area contributed by atoms with Gasteiger partial charge in [0.2, 0.25) is 11.8 Å². The van der Waals surface area contributed by atoms with Gasteiger partial charge in [-0.05, 0) is 24.5 Å². The molecule has 1 heterocycles. The van der Waals surface area contributed by atoms with Crippen LogP contribution in [-0.4, -0.2) is 40.5 Å². The number of para-hydroxylation sites is 1. The molecule has 0 spiro atoms. The van der Waals surface area contributed by atoms with Crippen molar-refractivity contribution in [2.45, 2.75) is 45.6 Å². The summed E-state index contributed by atoms with van der Waals surface area (Å²) in [7, 11) is 0. The molecule has 146 valence electrons. The number of aliphatic carboxylic acids is 1. The van der Waals surface area contributed by atoms with E-state index in [1.165, 1.54) is 0 Å². The van der Waals surface area contributed by atoms with Crippen LogP contribution < -0.4 is 10.6 Å². The van der Waals surface area contributed by atoms with Gasteiger partial charge in [-0.25, -0.2) is 0 Å². The van der Waals surface area contributed by atoms with Crippen molar-refractivity contribution in [3.63, 3.8) is 0 Å². The predicted molar refractivity (Wildman–Crippen MR) is 103 cm³/mol. The number of hydrogen-bond donors (Lipinski definition) is 4. The third-order valence-electron chi connectivity index (χ3n) is 4.37. The third kappa shape index (κ3) is 6.13. The Morgan fingerprint density at radius 1 is 1.11 bits per heavy atom. The summed E-state index contributed by atoms with van der Waals surface area (Å²) in [6.45, 7) is 3.94. The molecular weight excluding hydrogens is 346 g/mol. The first-order valence-corrected chi connectivity index (χ1v) is 9.23. The van der Waals surface area contributed by atoms with Gasteiger partial charge in [0.05, 0.1) is 0 Å². The zero-order valence-electron chi connectivity index (χ0n) is 15.7. The number of benzene rings is 1. The minimum atomic E-state index is -0.845. The van der Waals surface area contributed by atoms with E-state index in [0.717, 1.165) is 16.5 Å². The number of fused-ring (bicyclic) bond motifs is 1. The minimum absolute atomic E-state index is 0.0821. The average Bonchev–Trinajstić information content (AvgIpc) is 3.03. The van der Waals surface area contributed by atoms with E-state index in [1.54, 1.807) is 13.8 Å². The van der Waals surface area contributed by atoms with E-state index in [4.69, 9.17) is 5.11 Å². The first kappa shape index (κ1) is 20.5. The second-order valence-electron chi connectivity index (χ2n) is 6.92. The topological polar surface area (TPSA) is 111 Å². The molecule has 0 saturated heterocycles. The SMILES string of the molecule is CC(C)C(=O)NC(Cc1c[nH]c2ccccc12)C(=O)NCCCCC(=O)O. The van der Waals surface area contributed by atoms with Crippen molar-refractivity contribution < 1.29 is 19.5 Å². The molecule has 2 rings (SSSR count). The molecule has 2 aromatic rings. The van der Waals surface area contributed by atoms with Gasteiger partial charge in [0, 0.05) is 42.4 Å². The van der Waals surface area contributed by atoms with E-state index in [0.29, 0.717) is 25.8 Å². The number of aromatic amines is 1. The van der Waals surface area contributed by atoms with Crippen molar-refractivity contribution in [1.29, 1.82) is 0 Å². The van der Waals surface area contributed by atoms with Gasteiger partial charge in [0.15, 0.2) is 0 Å². The molecule has 2 amide bonds. The molecule has 4 N–H and O–H groups in total. The molecule has 0 bridgehead atoms. The Morgan fingerprint density at radius 3 is 2.56 bits per heavy atom. The highest BCUT2D eigenvalue weighted by Gasteiger charge is 2.23. The third-order valence-corrected chi connectivity index (χ3v) is 4.37. The number of carboxylic acid groups (broad SMARTS) is 1. The number of carboxylic acids is 1. The van der Waals surface area contributed by atoms with Crippen LogP contribution in [0.5, 0.6) is 0 Å². The lowest BCUT2D eigenvalue weighted by Crippen LogP contribution is -2.49. The molecular formula is C20H27N3O4. The Labute approximate surface area is 158 Å². The number of carbonyl (C=O) groups is 3. The summed E-state index contributed by atoms with van der Waals surface area (Å²) in [5, 5.41) is 15.3. The molecule has 1 aromatic carbocycles. The van der Waals surface area contributed by atoms with Crippen LogP contribution in [0.25, 0.3) is 10.9 Å². The summed E-state index contributed by atoms with van der Waals surface area (Å²) in [5.41, 5.74) is 1.94. The van der Waals surface area contributed by atoms with Crippen molar-refractivity contribution in [3.05, 3.63) is 36.0 Å². The number of amides is 2. The number of H-pyrrole nitrogens is 1. The minimum Gasteiger partial charge on any atom is -0.481 e. The maximum Gasteiger partial charge on any atom is 0.303 e. The molecule has 0 aliphatic carbocycles. The lowest BCUT2D eigenvalue weighted by atomic mass is 10.0. The number of rotatable bonds is 10. The number of nitrogens with one attached hydrogen (secondary N) is 3. The number of hydrogen-bond acceptors (Lipinski definition) is 3. The Morgan fingerprint density at radius 2 is 1.85 bits per heavy atom. The van der Waals surface area contributed by atoms with Crippen molar-refractivity contribution in [3.8, 4) is 0 Å². The summed E-state index contributed by atoms with van der Waals surface area (Å²) in [5.74, 6) is -1.51. The summed E-state index contributed by atoms with van der Waals surface area (Å²) < 4.78 is 0. The highest BCUT2D eigenvalue weighted by molar-refractivity contribution is 5.90. The molecule has 0 fully saturated rings. The van der Waals surface area contributed by atoms with Crippen LogP contribution in [0.4, 0.5) is 0 Å². The monoisotopic (exact) mass is 373 g/mol. The van der Waals surface area contributed by atoms with Crippen molar-refractivity contribution in [2.75, 3.05) is 6.54 Å². The summed E-state index contributed by atoms with van der Waals surface area (Å²) in [4.78, 5) is 38.5. The van der Waals surface area contributed by atoms with Crippen molar-refractivity contribution >= 4 is 28.7 Å². The van der Waals surface area contributed by atoms with E-state index in [-0.39, 0.29) is 24.2 Å². The number of carbonyl (C=O) groups excluding carboxylic acids is 2. The van der Waals surface area contributed by atoms with Gasteiger partial charge < -0.3 is 20.7 Å². The molecule has 0 aliphatic heterocycles. The lowest BCUT2D eigenvalue weighted by molar-refractivity contribution is -0.137. The molecule has 1 aromatic heterocycles. The number of aromatic nitrogens is 1. The van der Waals surface area contributed by atoms with Crippen LogP contribution in [0, 0.1) is 5.92 Å². The molecule has 27 heavy (non-hydrogen) atoms. The van der Waals surface area contributed by atoms with Gasteiger partial charge in [0.1, 0.15) is 6.04 Å². The van der Waals surface area contributed by atoms with Gasteiger partial charge in [-0.1, -0.05) is 32.0 Å². The quantitative estimate of drug-likeness (QED) is 0.479. The lowest BCUT2D eigenvalue weighted by Gasteiger charge is -2.19. The molecule has 7 nitrogen and oxygen atoms in total. The second kappa shape index (κ2) is 9.75.